The van der Waals surface area contributed by atoms with E-state index >= 15 is 0 Å². The first-order valence-electron chi connectivity index (χ1n) is 10.6. The van der Waals surface area contributed by atoms with Gasteiger partial charge in [0.2, 0.25) is 0 Å². The maximum absolute atomic E-state index is 6.01. The summed E-state index contributed by atoms with van der Waals surface area (Å²) in [6.07, 6.45) is 23.3. The van der Waals surface area contributed by atoms with E-state index in [-0.39, 0.29) is 0 Å². The third-order valence-corrected chi connectivity index (χ3v) is 6.66. The minimum Gasteiger partial charge on any atom is -0.352 e. The second-order valence-corrected chi connectivity index (χ2v) is 8.44. The molecule has 3 fully saturated rings. The number of rotatable bonds is 7. The standard InChI is InChI=1S/C21H38O2/c1-3-7-18(8-4-1)11-12-19-13-15-21(16-14-19)23-17-22-20-9-5-2-6-10-20/h18-21H,1-17H2. The average molecular weight is 323 g/mol. The lowest BCUT2D eigenvalue weighted by molar-refractivity contribution is -0.133. The molecule has 3 aliphatic carbocycles. The van der Waals surface area contributed by atoms with Crippen LogP contribution < -0.4 is 0 Å². The molecule has 0 aromatic heterocycles. The van der Waals surface area contributed by atoms with E-state index in [1.165, 1.54) is 103 Å². The van der Waals surface area contributed by atoms with Crippen molar-refractivity contribution < 1.29 is 9.47 Å². The number of hydrogen-bond donors (Lipinski definition) is 0. The van der Waals surface area contributed by atoms with E-state index in [0.29, 0.717) is 19.0 Å². The zero-order valence-electron chi connectivity index (χ0n) is 15.1. The van der Waals surface area contributed by atoms with Crippen molar-refractivity contribution in [3.63, 3.8) is 0 Å². The molecule has 0 heterocycles. The van der Waals surface area contributed by atoms with Gasteiger partial charge in [-0.3, -0.25) is 0 Å². The monoisotopic (exact) mass is 322 g/mol. The van der Waals surface area contributed by atoms with Gasteiger partial charge >= 0.3 is 0 Å². The second kappa shape index (κ2) is 10.0. The fourth-order valence-corrected chi connectivity index (χ4v) is 5.00. The third kappa shape index (κ3) is 6.38. The van der Waals surface area contributed by atoms with Crippen LogP contribution in [-0.4, -0.2) is 19.0 Å². The van der Waals surface area contributed by atoms with Gasteiger partial charge in [-0.05, 0) is 50.4 Å². The summed E-state index contributed by atoms with van der Waals surface area (Å²) in [4.78, 5) is 0. The van der Waals surface area contributed by atoms with Gasteiger partial charge in [-0.1, -0.05) is 64.2 Å². The first-order chi connectivity index (χ1) is 11.4. The largest absolute Gasteiger partial charge is 0.352 e. The Balaban J connectivity index is 1.22. The molecule has 0 unspecified atom stereocenters. The lowest BCUT2D eigenvalue weighted by atomic mass is 9.79. The summed E-state index contributed by atoms with van der Waals surface area (Å²) < 4.78 is 11.9. The Bertz CT molecular complexity index is 297. The highest BCUT2D eigenvalue weighted by atomic mass is 16.7. The van der Waals surface area contributed by atoms with Crippen LogP contribution in [0.3, 0.4) is 0 Å². The fourth-order valence-electron chi connectivity index (χ4n) is 5.00. The van der Waals surface area contributed by atoms with Crippen LogP contribution in [0.5, 0.6) is 0 Å². The summed E-state index contributed by atoms with van der Waals surface area (Å²) in [6.45, 7) is 0.544. The van der Waals surface area contributed by atoms with Crippen LogP contribution in [0.1, 0.15) is 103 Å². The molecule has 2 nitrogen and oxygen atoms in total. The van der Waals surface area contributed by atoms with Crippen molar-refractivity contribution in [3.05, 3.63) is 0 Å². The molecule has 3 aliphatic rings. The van der Waals surface area contributed by atoms with Gasteiger partial charge < -0.3 is 9.47 Å². The molecule has 0 saturated heterocycles. The van der Waals surface area contributed by atoms with Gasteiger partial charge in [0.05, 0.1) is 12.2 Å². The van der Waals surface area contributed by atoms with Crippen molar-refractivity contribution in [1.29, 1.82) is 0 Å². The highest BCUT2D eigenvalue weighted by Gasteiger charge is 2.23. The molecule has 0 N–H and O–H groups in total. The smallest absolute Gasteiger partial charge is 0.147 e. The van der Waals surface area contributed by atoms with Gasteiger partial charge in [0.25, 0.3) is 0 Å². The van der Waals surface area contributed by atoms with Crippen LogP contribution in [0.15, 0.2) is 0 Å². The van der Waals surface area contributed by atoms with Gasteiger partial charge in [-0.2, -0.15) is 0 Å². The van der Waals surface area contributed by atoms with Crippen LogP contribution in [0.2, 0.25) is 0 Å². The van der Waals surface area contributed by atoms with Gasteiger partial charge in [-0.15, -0.1) is 0 Å². The van der Waals surface area contributed by atoms with Gasteiger partial charge in [0, 0.05) is 0 Å². The average Bonchev–Trinajstić information content (AvgIpc) is 2.63. The quantitative estimate of drug-likeness (QED) is 0.517. The van der Waals surface area contributed by atoms with E-state index in [4.69, 9.17) is 9.47 Å². The van der Waals surface area contributed by atoms with Gasteiger partial charge in [-0.25, -0.2) is 0 Å². The maximum atomic E-state index is 6.01. The normalized spacial score (nSPS) is 31.3. The first kappa shape index (κ1) is 17.7. The van der Waals surface area contributed by atoms with Gasteiger partial charge in [0.1, 0.15) is 6.79 Å². The Morgan fingerprint density at radius 3 is 1.57 bits per heavy atom. The van der Waals surface area contributed by atoms with Crippen LogP contribution in [0, 0.1) is 11.8 Å². The Kier molecular flexibility index (Phi) is 7.74. The zero-order chi connectivity index (χ0) is 15.7. The summed E-state index contributed by atoms with van der Waals surface area (Å²) in [7, 11) is 0. The van der Waals surface area contributed by atoms with Crippen LogP contribution in [0.4, 0.5) is 0 Å². The van der Waals surface area contributed by atoms with Crippen molar-refractivity contribution in [1.82, 2.24) is 0 Å². The van der Waals surface area contributed by atoms with Crippen LogP contribution >= 0.6 is 0 Å². The molecule has 134 valence electrons. The summed E-state index contributed by atoms with van der Waals surface area (Å²) in [5, 5.41) is 0. The molecule has 23 heavy (non-hydrogen) atoms. The van der Waals surface area contributed by atoms with E-state index in [2.05, 4.69) is 0 Å². The Labute approximate surface area is 143 Å². The summed E-state index contributed by atoms with van der Waals surface area (Å²) >= 11 is 0. The Morgan fingerprint density at radius 2 is 0.957 bits per heavy atom. The highest BCUT2D eigenvalue weighted by molar-refractivity contribution is 4.75. The molecule has 3 saturated carbocycles. The van der Waals surface area contributed by atoms with E-state index in [9.17, 15) is 0 Å². The summed E-state index contributed by atoms with van der Waals surface area (Å²) in [5.74, 6) is 2.04. The molecule has 0 aromatic carbocycles. The summed E-state index contributed by atoms with van der Waals surface area (Å²) in [5.41, 5.74) is 0. The molecule has 0 spiro atoms. The second-order valence-electron chi connectivity index (χ2n) is 8.44. The van der Waals surface area contributed by atoms with Crippen molar-refractivity contribution in [2.24, 2.45) is 11.8 Å². The van der Waals surface area contributed by atoms with E-state index < -0.39 is 0 Å². The predicted octanol–water partition coefficient (Wildman–Crippen LogP) is 6.23. The molecule has 0 aliphatic heterocycles. The molecule has 0 atom stereocenters. The molecular weight excluding hydrogens is 284 g/mol. The fraction of sp³-hybridized carbons (Fsp3) is 1.00. The molecule has 0 aromatic rings. The van der Waals surface area contributed by atoms with Crippen molar-refractivity contribution in [2.75, 3.05) is 6.79 Å². The maximum Gasteiger partial charge on any atom is 0.147 e. The lowest BCUT2D eigenvalue weighted by Crippen LogP contribution is -2.25. The topological polar surface area (TPSA) is 18.5 Å². The van der Waals surface area contributed by atoms with Crippen molar-refractivity contribution in [3.8, 4) is 0 Å². The lowest BCUT2D eigenvalue weighted by Gasteiger charge is -2.31. The zero-order valence-corrected chi connectivity index (χ0v) is 15.1. The minimum absolute atomic E-state index is 0.476. The first-order valence-corrected chi connectivity index (χ1v) is 10.6. The van der Waals surface area contributed by atoms with E-state index in [1.54, 1.807) is 0 Å². The molecule has 0 bridgehead atoms. The number of ether oxygens (including phenoxy) is 2. The molecule has 0 radical (unpaired) electrons. The van der Waals surface area contributed by atoms with E-state index in [0.717, 1.165) is 11.8 Å². The van der Waals surface area contributed by atoms with Crippen molar-refractivity contribution in [2.45, 2.75) is 115 Å². The molecule has 0 amide bonds. The molecule has 3 rings (SSSR count). The highest BCUT2D eigenvalue weighted by Crippen LogP contribution is 2.34. The third-order valence-electron chi connectivity index (χ3n) is 6.66. The predicted molar refractivity (Wildman–Crippen MR) is 95.5 cm³/mol. The SMILES string of the molecule is C1CCC(CCC2CCC(OCOC3CCCCC3)CC2)CC1. The van der Waals surface area contributed by atoms with Crippen molar-refractivity contribution >= 4 is 0 Å². The van der Waals surface area contributed by atoms with Gasteiger partial charge in [0.15, 0.2) is 0 Å². The summed E-state index contributed by atoms with van der Waals surface area (Å²) in [6, 6.07) is 0. The van der Waals surface area contributed by atoms with Crippen LogP contribution in [-0.2, 0) is 9.47 Å². The van der Waals surface area contributed by atoms with E-state index in [1.807, 2.05) is 0 Å². The number of hydrogen-bond acceptors (Lipinski definition) is 2. The Morgan fingerprint density at radius 1 is 0.478 bits per heavy atom. The van der Waals surface area contributed by atoms with Crippen LogP contribution in [0.25, 0.3) is 0 Å². The molecule has 2 heteroatoms. The molecular formula is C21H38O2. The Hall–Kier alpha value is -0.0800. The minimum atomic E-state index is 0.476.